The zero-order valence-corrected chi connectivity index (χ0v) is 17.1. The molecule has 8 nitrogen and oxygen atoms in total. The third-order valence-corrected chi connectivity index (χ3v) is 5.65. The van der Waals surface area contributed by atoms with E-state index in [2.05, 4.69) is 0 Å². The minimum atomic E-state index is -4.75. The van der Waals surface area contributed by atoms with Crippen molar-refractivity contribution in [3.05, 3.63) is 92.3 Å². The molecule has 0 aliphatic rings. The van der Waals surface area contributed by atoms with Gasteiger partial charge in [0.05, 0.1) is 22.7 Å². The van der Waals surface area contributed by atoms with Gasteiger partial charge < -0.3 is 5.11 Å². The average Bonchev–Trinajstić information content (AvgIpc) is 2.69. The molecule has 0 saturated heterocycles. The maximum atomic E-state index is 13.1. The largest absolute Gasteiger partial charge is 0.477 e. The van der Waals surface area contributed by atoms with E-state index in [1.54, 1.807) is 0 Å². The quantitative estimate of drug-likeness (QED) is 0.614. The van der Waals surface area contributed by atoms with Crippen molar-refractivity contribution in [1.29, 1.82) is 0 Å². The van der Waals surface area contributed by atoms with Crippen LogP contribution in [0, 0.1) is 0 Å². The number of halogens is 3. The van der Waals surface area contributed by atoms with Gasteiger partial charge in [-0.25, -0.2) is 22.6 Å². The van der Waals surface area contributed by atoms with Crippen LogP contribution in [0.4, 0.5) is 13.2 Å². The smallest absolute Gasteiger partial charge is 0.416 e. The molecule has 0 unspecified atom stereocenters. The van der Waals surface area contributed by atoms with Crippen LogP contribution in [0.1, 0.15) is 21.5 Å². The first kappa shape index (κ1) is 23.0. The molecule has 1 heterocycles. The second-order valence-corrected chi connectivity index (χ2v) is 8.88. The van der Waals surface area contributed by atoms with Crippen molar-refractivity contribution in [2.45, 2.75) is 17.6 Å². The maximum Gasteiger partial charge on any atom is 0.416 e. The first-order valence-corrected chi connectivity index (χ1v) is 10.7. The number of alkyl halides is 3. The molecular formula is C20H15F3N2O6S. The van der Waals surface area contributed by atoms with E-state index in [1.807, 2.05) is 0 Å². The molecule has 0 amide bonds. The summed E-state index contributed by atoms with van der Waals surface area (Å²) in [5.41, 5.74) is -4.35. The Balaban J connectivity index is 2.18. The fourth-order valence-electron chi connectivity index (χ4n) is 2.95. The zero-order chi connectivity index (χ0) is 23.8. The third-order valence-electron chi connectivity index (χ3n) is 4.52. The number of carboxylic acid groups (broad SMARTS) is 1. The van der Waals surface area contributed by atoms with Crippen LogP contribution in [-0.4, -0.2) is 34.9 Å². The summed E-state index contributed by atoms with van der Waals surface area (Å²) >= 11 is 0. The fourth-order valence-corrected chi connectivity index (χ4v) is 3.58. The van der Waals surface area contributed by atoms with E-state index >= 15 is 0 Å². The number of carboxylic acids is 1. The van der Waals surface area contributed by atoms with E-state index in [0.29, 0.717) is 16.2 Å². The molecule has 168 valence electrons. The number of aromatic nitrogens is 2. The van der Waals surface area contributed by atoms with Crippen molar-refractivity contribution in [2.75, 3.05) is 6.26 Å². The van der Waals surface area contributed by atoms with Crippen LogP contribution in [0.15, 0.2) is 69.2 Å². The highest BCUT2D eigenvalue weighted by molar-refractivity contribution is 7.90. The molecule has 32 heavy (non-hydrogen) atoms. The summed E-state index contributed by atoms with van der Waals surface area (Å²) in [6.07, 6.45) is -2.94. The molecule has 0 bridgehead atoms. The van der Waals surface area contributed by atoms with E-state index in [-0.39, 0.29) is 11.4 Å². The monoisotopic (exact) mass is 468 g/mol. The number of nitrogens with zero attached hydrogens (tertiary/aromatic N) is 2. The van der Waals surface area contributed by atoms with E-state index in [9.17, 15) is 41.1 Å². The lowest BCUT2D eigenvalue weighted by Gasteiger charge is -2.14. The Kier molecular flexibility index (Phi) is 5.83. The van der Waals surface area contributed by atoms with E-state index < -0.39 is 50.0 Å². The number of benzene rings is 2. The van der Waals surface area contributed by atoms with Crippen molar-refractivity contribution in [3.63, 3.8) is 0 Å². The van der Waals surface area contributed by atoms with Crippen LogP contribution in [0.3, 0.4) is 0 Å². The highest BCUT2D eigenvalue weighted by atomic mass is 32.2. The predicted molar refractivity (Wildman–Crippen MR) is 107 cm³/mol. The van der Waals surface area contributed by atoms with E-state index in [1.165, 1.54) is 24.3 Å². The Labute approximate surface area is 178 Å². The minimum absolute atomic E-state index is 0.0220. The van der Waals surface area contributed by atoms with Gasteiger partial charge in [-0.3, -0.25) is 9.36 Å². The van der Waals surface area contributed by atoms with Gasteiger partial charge in [0, 0.05) is 12.5 Å². The van der Waals surface area contributed by atoms with Gasteiger partial charge in [-0.1, -0.05) is 18.2 Å². The van der Waals surface area contributed by atoms with Crippen LogP contribution in [0.2, 0.25) is 0 Å². The topological polar surface area (TPSA) is 115 Å². The van der Waals surface area contributed by atoms with Gasteiger partial charge in [-0.2, -0.15) is 13.2 Å². The Hall–Kier alpha value is -3.67. The Morgan fingerprint density at radius 2 is 1.69 bits per heavy atom. The molecule has 12 heteroatoms. The number of carbonyl (C=O) groups is 1. The van der Waals surface area contributed by atoms with Gasteiger partial charge in [0.1, 0.15) is 5.56 Å². The van der Waals surface area contributed by atoms with Crippen LogP contribution >= 0.6 is 0 Å². The summed E-state index contributed by atoms with van der Waals surface area (Å²) in [5, 5.41) is 9.35. The molecule has 0 atom stereocenters. The van der Waals surface area contributed by atoms with Crippen molar-refractivity contribution in [3.8, 4) is 5.69 Å². The molecule has 0 aliphatic heterocycles. The number of hydrogen-bond acceptors (Lipinski definition) is 5. The maximum absolute atomic E-state index is 13.1. The SMILES string of the molecule is CS(=O)(=O)c1ccc(Cn2cc(C(=O)O)c(=O)n(-c3cccc(C(F)(F)F)c3)c2=O)cc1. The molecule has 1 N–H and O–H groups in total. The van der Waals surface area contributed by atoms with Gasteiger partial charge in [0.25, 0.3) is 5.56 Å². The molecule has 0 saturated carbocycles. The second-order valence-electron chi connectivity index (χ2n) is 6.86. The van der Waals surface area contributed by atoms with Crippen molar-refractivity contribution in [1.82, 2.24) is 9.13 Å². The standard InChI is InChI=1S/C20H15F3N2O6S/c1-32(30,31)15-7-5-12(6-8-15)10-24-11-16(18(27)28)17(26)25(19(24)29)14-4-2-3-13(9-14)20(21,22)23/h2-9,11H,10H2,1H3,(H,27,28). The number of sulfone groups is 1. The first-order chi connectivity index (χ1) is 14.8. The van der Waals surface area contributed by atoms with E-state index in [0.717, 1.165) is 35.2 Å². The second kappa shape index (κ2) is 8.11. The fraction of sp³-hybridized carbons (Fsp3) is 0.150. The molecule has 3 aromatic rings. The lowest BCUT2D eigenvalue weighted by molar-refractivity contribution is -0.137. The lowest BCUT2D eigenvalue weighted by atomic mass is 10.2. The van der Waals surface area contributed by atoms with Gasteiger partial charge in [0.2, 0.25) is 0 Å². The van der Waals surface area contributed by atoms with Crippen LogP contribution < -0.4 is 11.2 Å². The number of hydrogen-bond donors (Lipinski definition) is 1. The van der Waals surface area contributed by atoms with Crippen molar-refractivity contribution in [2.24, 2.45) is 0 Å². The highest BCUT2D eigenvalue weighted by Crippen LogP contribution is 2.29. The molecular weight excluding hydrogens is 453 g/mol. The summed E-state index contributed by atoms with van der Waals surface area (Å²) < 4.78 is 63.6. The molecule has 3 rings (SSSR count). The molecule has 0 spiro atoms. The highest BCUT2D eigenvalue weighted by Gasteiger charge is 2.31. The van der Waals surface area contributed by atoms with Crippen molar-refractivity contribution >= 4 is 15.8 Å². The van der Waals surface area contributed by atoms with Crippen molar-refractivity contribution < 1.29 is 31.5 Å². The average molecular weight is 468 g/mol. The first-order valence-electron chi connectivity index (χ1n) is 8.85. The minimum Gasteiger partial charge on any atom is -0.477 e. The summed E-state index contributed by atoms with van der Waals surface area (Å²) in [5.74, 6) is -1.67. The summed E-state index contributed by atoms with van der Waals surface area (Å²) in [4.78, 5) is 37.0. The van der Waals surface area contributed by atoms with Gasteiger partial charge >= 0.3 is 17.8 Å². The van der Waals surface area contributed by atoms with Crippen LogP contribution in [0.25, 0.3) is 5.69 Å². The van der Waals surface area contributed by atoms with Crippen LogP contribution in [0.5, 0.6) is 0 Å². The molecule has 1 aromatic heterocycles. The molecule has 0 aliphatic carbocycles. The summed E-state index contributed by atoms with van der Waals surface area (Å²) in [6.45, 7) is -0.262. The third kappa shape index (κ3) is 4.64. The van der Waals surface area contributed by atoms with Gasteiger partial charge in [0.15, 0.2) is 9.84 Å². The molecule has 0 radical (unpaired) electrons. The normalized spacial score (nSPS) is 12.0. The van der Waals surface area contributed by atoms with E-state index in [4.69, 9.17) is 0 Å². The number of rotatable bonds is 5. The molecule has 2 aromatic carbocycles. The molecule has 0 fully saturated rings. The van der Waals surface area contributed by atoms with Gasteiger partial charge in [-0.15, -0.1) is 0 Å². The lowest BCUT2D eigenvalue weighted by Crippen LogP contribution is -2.41. The Morgan fingerprint density at radius 1 is 1.06 bits per heavy atom. The predicted octanol–water partition coefficient (Wildman–Crippen LogP) is 2.17. The zero-order valence-electron chi connectivity index (χ0n) is 16.3. The number of aromatic carboxylic acids is 1. The van der Waals surface area contributed by atoms with Gasteiger partial charge in [-0.05, 0) is 35.9 Å². The Bertz CT molecular complexity index is 1420. The van der Waals surface area contributed by atoms with Crippen LogP contribution in [-0.2, 0) is 22.6 Å². The summed E-state index contributed by atoms with van der Waals surface area (Å²) in [7, 11) is -3.47. The summed E-state index contributed by atoms with van der Waals surface area (Å²) in [6, 6.07) is 8.75. The Morgan fingerprint density at radius 3 is 2.22 bits per heavy atom.